The highest BCUT2D eigenvalue weighted by Crippen LogP contribution is 2.27. The van der Waals surface area contributed by atoms with Gasteiger partial charge in [-0.3, -0.25) is 14.4 Å². The van der Waals surface area contributed by atoms with Crippen molar-refractivity contribution in [1.82, 2.24) is 0 Å². The van der Waals surface area contributed by atoms with Crippen LogP contribution in [0.3, 0.4) is 0 Å². The fourth-order valence-corrected chi connectivity index (χ4v) is 3.45. The Hall–Kier alpha value is -1.90. The van der Waals surface area contributed by atoms with Crippen LogP contribution in [0.5, 0.6) is 0 Å². The van der Waals surface area contributed by atoms with E-state index < -0.39 is 24.4 Å². The van der Waals surface area contributed by atoms with Gasteiger partial charge < -0.3 is 15.0 Å². The molecule has 9 heteroatoms. The molecule has 146 valence electrons. The summed E-state index contributed by atoms with van der Waals surface area (Å²) < 4.78 is 6.69. The molecule has 0 bridgehead atoms. The Kier molecular flexibility index (Phi) is 6.74. The predicted octanol–water partition coefficient (Wildman–Crippen LogP) is 4.40. The van der Waals surface area contributed by atoms with Crippen LogP contribution in [0, 0.1) is 5.92 Å². The van der Waals surface area contributed by atoms with Crippen molar-refractivity contribution in [1.29, 1.82) is 0 Å². The van der Waals surface area contributed by atoms with Crippen LogP contribution in [-0.4, -0.2) is 30.9 Å². The molecule has 1 fully saturated rings. The second-order valence-electron chi connectivity index (χ2n) is 6.17. The zero-order chi connectivity index (χ0) is 20.3. The number of hydrogen-bond donors (Lipinski definition) is 1. The predicted molar refractivity (Wildman–Crippen MR) is 113 cm³/mol. The Morgan fingerprint density at radius 1 is 1.18 bits per heavy atom. The molecular weight excluding hydrogens is 515 g/mol. The first kappa shape index (κ1) is 20.8. The number of hydrogen-bond acceptors (Lipinski definition) is 4. The van der Waals surface area contributed by atoms with Gasteiger partial charge in [-0.2, -0.15) is 0 Å². The van der Waals surface area contributed by atoms with Crippen LogP contribution in [0.15, 0.2) is 51.4 Å². The third-order valence-corrected chi connectivity index (χ3v) is 5.91. The van der Waals surface area contributed by atoms with Crippen LogP contribution in [0.2, 0.25) is 5.02 Å². The lowest BCUT2D eigenvalue weighted by molar-refractivity contribution is -0.151. The largest absolute Gasteiger partial charge is 0.455 e. The van der Waals surface area contributed by atoms with Crippen LogP contribution in [0.25, 0.3) is 0 Å². The third kappa shape index (κ3) is 5.12. The number of nitrogens with one attached hydrogen (secondary N) is 1. The molecule has 2 amide bonds. The molecule has 2 aromatic rings. The van der Waals surface area contributed by atoms with Crippen LogP contribution >= 0.6 is 43.5 Å². The van der Waals surface area contributed by atoms with Crippen molar-refractivity contribution in [2.24, 2.45) is 5.92 Å². The van der Waals surface area contributed by atoms with E-state index in [2.05, 4.69) is 37.2 Å². The average molecular weight is 531 g/mol. The highest BCUT2D eigenvalue weighted by Gasteiger charge is 2.36. The lowest BCUT2D eigenvalue weighted by Gasteiger charge is -2.16. The van der Waals surface area contributed by atoms with E-state index in [4.69, 9.17) is 16.3 Å². The molecule has 1 aliphatic heterocycles. The molecule has 28 heavy (non-hydrogen) atoms. The van der Waals surface area contributed by atoms with Gasteiger partial charge in [-0.25, -0.2) is 0 Å². The molecule has 0 saturated carbocycles. The van der Waals surface area contributed by atoms with Crippen molar-refractivity contribution >= 4 is 72.6 Å². The van der Waals surface area contributed by atoms with Gasteiger partial charge in [0.2, 0.25) is 5.91 Å². The number of amides is 2. The van der Waals surface area contributed by atoms with Crippen LogP contribution < -0.4 is 10.2 Å². The van der Waals surface area contributed by atoms with Crippen LogP contribution in [-0.2, 0) is 19.1 Å². The third-order valence-electron chi connectivity index (χ3n) is 4.15. The number of nitrogens with zero attached hydrogens (tertiary/aromatic N) is 1. The lowest BCUT2D eigenvalue weighted by atomic mass is 10.1. The van der Waals surface area contributed by atoms with E-state index in [1.54, 1.807) is 35.2 Å². The van der Waals surface area contributed by atoms with Gasteiger partial charge in [0, 0.05) is 33.3 Å². The molecule has 3 rings (SSSR count). The van der Waals surface area contributed by atoms with Gasteiger partial charge in [0.25, 0.3) is 5.91 Å². The molecule has 1 heterocycles. The summed E-state index contributed by atoms with van der Waals surface area (Å²) in [5.74, 6) is -1.82. The Morgan fingerprint density at radius 3 is 2.57 bits per heavy atom. The summed E-state index contributed by atoms with van der Waals surface area (Å²) in [6.07, 6.45) is 0.0544. The molecule has 6 nitrogen and oxygen atoms in total. The summed E-state index contributed by atoms with van der Waals surface area (Å²) in [6, 6.07) is 12.2. The summed E-state index contributed by atoms with van der Waals surface area (Å²) in [5.41, 5.74) is 1.21. The summed E-state index contributed by atoms with van der Waals surface area (Å²) in [4.78, 5) is 38.0. The number of esters is 1. The number of halogens is 3. The zero-order valence-electron chi connectivity index (χ0n) is 14.5. The second-order valence-corrected chi connectivity index (χ2v) is 8.34. The maximum absolute atomic E-state index is 12.3. The number of carbonyl (C=O) groups is 3. The average Bonchev–Trinajstić information content (AvgIpc) is 3.05. The van der Waals surface area contributed by atoms with Crippen molar-refractivity contribution in [3.8, 4) is 0 Å². The molecule has 1 aliphatic rings. The van der Waals surface area contributed by atoms with E-state index in [0.29, 0.717) is 20.9 Å². The van der Waals surface area contributed by atoms with Gasteiger partial charge >= 0.3 is 5.97 Å². The second kappa shape index (κ2) is 9.07. The van der Waals surface area contributed by atoms with Crippen LogP contribution in [0.1, 0.15) is 6.42 Å². The van der Waals surface area contributed by atoms with E-state index in [0.717, 1.165) is 4.47 Å². The molecule has 0 radical (unpaired) electrons. The maximum atomic E-state index is 12.3. The fourth-order valence-electron chi connectivity index (χ4n) is 2.76. The van der Waals surface area contributed by atoms with E-state index in [1.165, 1.54) is 0 Å². The van der Waals surface area contributed by atoms with Crippen LogP contribution in [0.4, 0.5) is 11.4 Å². The van der Waals surface area contributed by atoms with E-state index >= 15 is 0 Å². The van der Waals surface area contributed by atoms with Crippen molar-refractivity contribution in [3.63, 3.8) is 0 Å². The minimum atomic E-state index is -0.605. The number of anilines is 2. The molecule has 0 aliphatic carbocycles. The summed E-state index contributed by atoms with van der Waals surface area (Å²) in [7, 11) is 0. The summed E-state index contributed by atoms with van der Waals surface area (Å²) >= 11 is 12.6. The highest BCUT2D eigenvalue weighted by atomic mass is 79.9. The Morgan fingerprint density at radius 2 is 1.89 bits per heavy atom. The molecule has 0 spiro atoms. The van der Waals surface area contributed by atoms with Gasteiger partial charge in [0.1, 0.15) is 0 Å². The minimum absolute atomic E-state index is 0.0544. The van der Waals surface area contributed by atoms with Crippen molar-refractivity contribution in [3.05, 3.63) is 56.4 Å². The van der Waals surface area contributed by atoms with Crippen molar-refractivity contribution < 1.29 is 19.1 Å². The van der Waals surface area contributed by atoms with Crippen molar-refractivity contribution in [2.75, 3.05) is 23.4 Å². The monoisotopic (exact) mass is 528 g/mol. The molecule has 1 atom stereocenters. The first-order valence-electron chi connectivity index (χ1n) is 8.31. The first-order chi connectivity index (χ1) is 13.3. The van der Waals surface area contributed by atoms with Gasteiger partial charge in [0.15, 0.2) is 6.61 Å². The van der Waals surface area contributed by atoms with Gasteiger partial charge in [-0.1, -0.05) is 27.5 Å². The van der Waals surface area contributed by atoms with E-state index in [9.17, 15) is 14.4 Å². The van der Waals surface area contributed by atoms with Gasteiger partial charge in [-0.15, -0.1) is 0 Å². The van der Waals surface area contributed by atoms with Gasteiger partial charge in [0.05, 0.1) is 10.9 Å². The van der Waals surface area contributed by atoms with E-state index in [-0.39, 0.29) is 18.9 Å². The summed E-state index contributed by atoms with van der Waals surface area (Å²) in [6.45, 7) is -0.210. The normalized spacial score (nSPS) is 16.2. The van der Waals surface area contributed by atoms with Crippen molar-refractivity contribution in [2.45, 2.75) is 6.42 Å². The van der Waals surface area contributed by atoms with Gasteiger partial charge in [-0.05, 0) is 58.4 Å². The maximum Gasteiger partial charge on any atom is 0.311 e. The quantitative estimate of drug-likeness (QED) is 0.582. The standard InChI is InChI=1S/C19H15Br2ClN2O4/c20-12-1-4-14(5-2-12)24-9-11(7-18(24)26)19(27)28-10-17(25)23-13-3-6-15(21)16(22)8-13/h1-6,8,11H,7,9-10H2,(H,23,25)/t11-/m0/s1. The zero-order valence-corrected chi connectivity index (χ0v) is 18.4. The number of carbonyl (C=O) groups excluding carboxylic acids is 3. The molecule has 0 aromatic heterocycles. The molecular formula is C19H15Br2ClN2O4. The molecule has 1 saturated heterocycles. The Labute approximate surface area is 183 Å². The highest BCUT2D eigenvalue weighted by molar-refractivity contribution is 9.10. The molecule has 0 unspecified atom stereocenters. The summed E-state index contributed by atoms with van der Waals surface area (Å²) in [5, 5.41) is 3.05. The van der Waals surface area contributed by atoms with E-state index in [1.807, 2.05) is 12.1 Å². The topological polar surface area (TPSA) is 75.7 Å². The smallest absolute Gasteiger partial charge is 0.311 e. The minimum Gasteiger partial charge on any atom is -0.455 e. The fraction of sp³-hybridized carbons (Fsp3) is 0.211. The Bertz CT molecular complexity index is 921. The number of ether oxygens (including phenoxy) is 1. The molecule has 2 aromatic carbocycles. The lowest BCUT2D eigenvalue weighted by Crippen LogP contribution is -2.28. The number of benzene rings is 2. The number of rotatable bonds is 5. The Balaban J connectivity index is 1.52. The first-order valence-corrected chi connectivity index (χ1v) is 10.3. The SMILES string of the molecule is O=C(COC(=O)[C@H]1CC(=O)N(c2ccc(Br)cc2)C1)Nc1ccc(Br)c(Cl)c1. The molecule has 1 N–H and O–H groups in total.